The molecule has 0 saturated heterocycles. The highest BCUT2D eigenvalue weighted by molar-refractivity contribution is 7.21. The second kappa shape index (κ2) is 3.90. The summed E-state index contributed by atoms with van der Waals surface area (Å²) in [5, 5.41) is 12.3. The lowest BCUT2D eigenvalue weighted by Gasteiger charge is -2.01. The van der Waals surface area contributed by atoms with Gasteiger partial charge in [-0.1, -0.05) is 0 Å². The fourth-order valence-electron chi connectivity index (χ4n) is 1.40. The summed E-state index contributed by atoms with van der Waals surface area (Å²) in [6.07, 6.45) is 3.14. The zero-order valence-corrected chi connectivity index (χ0v) is 9.17. The van der Waals surface area contributed by atoms with Crippen LogP contribution in [-0.2, 0) is 4.79 Å². The number of carboxylic acid groups (broad SMARTS) is 1. The van der Waals surface area contributed by atoms with Crippen LogP contribution in [0.4, 0.5) is 5.69 Å². The van der Waals surface area contributed by atoms with Gasteiger partial charge >= 0.3 is 5.97 Å². The number of aromatic nitrogens is 1. The molecule has 2 rings (SSSR count). The fraction of sp³-hybridized carbons (Fsp3) is 0.100. The third kappa shape index (κ3) is 1.74. The number of anilines is 1. The predicted molar refractivity (Wildman–Crippen MR) is 60.9 cm³/mol. The minimum atomic E-state index is -1.05. The number of rotatable bonds is 2. The zero-order valence-electron chi connectivity index (χ0n) is 8.35. The summed E-state index contributed by atoms with van der Waals surface area (Å²) in [5.74, 6) is -1.34. The first-order valence-electron chi connectivity index (χ1n) is 4.47. The molecule has 2 aromatic rings. The van der Waals surface area contributed by atoms with Crippen molar-refractivity contribution in [1.82, 2.24) is 4.98 Å². The van der Waals surface area contributed by atoms with Crippen molar-refractivity contribution in [2.45, 2.75) is 6.92 Å². The largest absolute Gasteiger partial charge is 0.477 e. The first-order valence-corrected chi connectivity index (χ1v) is 5.28. The standard InChI is InChI=1S/C10H8N2O3S/c1-5(13)12-8-6-2-3-11-4-7(6)16-9(8)10(14)15/h2-4H,1H3,(H,12,13)(H,14,15). The van der Waals surface area contributed by atoms with Gasteiger partial charge in [-0.15, -0.1) is 11.3 Å². The van der Waals surface area contributed by atoms with Crippen LogP contribution in [0.25, 0.3) is 10.1 Å². The van der Waals surface area contributed by atoms with Crippen LogP contribution >= 0.6 is 11.3 Å². The van der Waals surface area contributed by atoms with Crippen LogP contribution in [0, 0.1) is 0 Å². The molecule has 6 heteroatoms. The van der Waals surface area contributed by atoms with E-state index >= 15 is 0 Å². The van der Waals surface area contributed by atoms with Crippen LogP contribution in [0.3, 0.4) is 0 Å². The Kier molecular flexibility index (Phi) is 2.57. The average molecular weight is 236 g/mol. The number of nitrogens with zero attached hydrogens (tertiary/aromatic N) is 1. The SMILES string of the molecule is CC(=O)Nc1c(C(=O)O)sc2cnccc12. The molecule has 0 aliphatic carbocycles. The third-order valence-corrected chi connectivity index (χ3v) is 3.12. The van der Waals surface area contributed by atoms with Crippen molar-refractivity contribution in [3.05, 3.63) is 23.3 Å². The number of carboxylic acids is 1. The minimum absolute atomic E-state index is 0.123. The minimum Gasteiger partial charge on any atom is -0.477 e. The molecule has 0 aliphatic rings. The maximum atomic E-state index is 11.0. The molecule has 0 spiro atoms. The molecule has 0 saturated carbocycles. The van der Waals surface area contributed by atoms with Crippen molar-refractivity contribution in [2.24, 2.45) is 0 Å². The van der Waals surface area contributed by atoms with Gasteiger partial charge in [0.25, 0.3) is 0 Å². The quantitative estimate of drug-likeness (QED) is 0.835. The number of fused-ring (bicyclic) bond motifs is 1. The fourth-order valence-corrected chi connectivity index (χ4v) is 2.37. The second-order valence-electron chi connectivity index (χ2n) is 3.16. The van der Waals surface area contributed by atoms with Crippen LogP contribution in [-0.4, -0.2) is 22.0 Å². The van der Waals surface area contributed by atoms with Crippen molar-refractivity contribution in [3.8, 4) is 0 Å². The second-order valence-corrected chi connectivity index (χ2v) is 4.22. The summed E-state index contributed by atoms with van der Waals surface area (Å²) in [4.78, 5) is 26.1. The van der Waals surface area contributed by atoms with E-state index in [1.165, 1.54) is 6.92 Å². The number of thiophene rings is 1. The summed E-state index contributed by atoms with van der Waals surface area (Å²) in [5.41, 5.74) is 0.349. The Morgan fingerprint density at radius 1 is 1.50 bits per heavy atom. The summed E-state index contributed by atoms with van der Waals surface area (Å²) in [6, 6.07) is 1.68. The monoisotopic (exact) mass is 236 g/mol. The normalized spacial score (nSPS) is 10.3. The molecule has 0 unspecified atom stereocenters. The molecule has 2 heterocycles. The van der Waals surface area contributed by atoms with Gasteiger partial charge in [0.2, 0.25) is 5.91 Å². The summed E-state index contributed by atoms with van der Waals surface area (Å²) in [6.45, 7) is 1.34. The Labute approximate surface area is 94.7 Å². The number of nitrogens with one attached hydrogen (secondary N) is 1. The molecule has 0 bridgehead atoms. The van der Waals surface area contributed by atoms with Gasteiger partial charge < -0.3 is 10.4 Å². The van der Waals surface area contributed by atoms with Crippen LogP contribution in [0.2, 0.25) is 0 Å². The molecular weight excluding hydrogens is 228 g/mol. The Hall–Kier alpha value is -1.95. The number of carbonyl (C=O) groups excluding carboxylic acids is 1. The lowest BCUT2D eigenvalue weighted by molar-refractivity contribution is -0.114. The van der Waals surface area contributed by atoms with E-state index in [2.05, 4.69) is 10.3 Å². The summed E-state index contributed by atoms with van der Waals surface area (Å²) in [7, 11) is 0. The Bertz CT molecular complexity index is 576. The van der Waals surface area contributed by atoms with E-state index in [1.54, 1.807) is 18.5 Å². The van der Waals surface area contributed by atoms with Crippen molar-refractivity contribution < 1.29 is 14.7 Å². The molecule has 0 radical (unpaired) electrons. The maximum absolute atomic E-state index is 11.0. The predicted octanol–water partition coefficient (Wildman–Crippen LogP) is 1.95. The van der Waals surface area contributed by atoms with Crippen LogP contribution in [0.5, 0.6) is 0 Å². The van der Waals surface area contributed by atoms with Crippen LogP contribution < -0.4 is 5.32 Å². The smallest absolute Gasteiger partial charge is 0.348 e. The molecule has 2 aromatic heterocycles. The summed E-state index contributed by atoms with van der Waals surface area (Å²) >= 11 is 1.10. The van der Waals surface area contributed by atoms with E-state index < -0.39 is 5.97 Å². The van der Waals surface area contributed by atoms with Gasteiger partial charge in [0, 0.05) is 24.7 Å². The van der Waals surface area contributed by atoms with E-state index in [0.29, 0.717) is 11.1 Å². The van der Waals surface area contributed by atoms with E-state index in [1.807, 2.05) is 0 Å². The Balaban J connectivity index is 2.69. The highest BCUT2D eigenvalue weighted by atomic mass is 32.1. The lowest BCUT2D eigenvalue weighted by atomic mass is 10.2. The van der Waals surface area contributed by atoms with Crippen molar-refractivity contribution in [1.29, 1.82) is 0 Å². The molecule has 2 N–H and O–H groups in total. The van der Waals surface area contributed by atoms with E-state index in [9.17, 15) is 9.59 Å². The highest BCUT2D eigenvalue weighted by Gasteiger charge is 2.18. The Morgan fingerprint density at radius 2 is 2.25 bits per heavy atom. The number of amides is 1. The van der Waals surface area contributed by atoms with Gasteiger partial charge in [0.1, 0.15) is 4.88 Å². The van der Waals surface area contributed by atoms with Crippen molar-refractivity contribution in [2.75, 3.05) is 5.32 Å². The highest BCUT2D eigenvalue weighted by Crippen LogP contribution is 2.35. The van der Waals surface area contributed by atoms with Gasteiger partial charge in [-0.05, 0) is 6.07 Å². The number of pyridine rings is 1. The topological polar surface area (TPSA) is 79.3 Å². The van der Waals surface area contributed by atoms with Crippen LogP contribution in [0.1, 0.15) is 16.6 Å². The molecule has 5 nitrogen and oxygen atoms in total. The van der Waals surface area contributed by atoms with Crippen molar-refractivity contribution in [3.63, 3.8) is 0 Å². The first kappa shape index (κ1) is 10.6. The lowest BCUT2D eigenvalue weighted by Crippen LogP contribution is -2.08. The zero-order chi connectivity index (χ0) is 11.7. The Morgan fingerprint density at radius 3 is 2.88 bits per heavy atom. The molecule has 0 fully saturated rings. The molecule has 82 valence electrons. The number of hydrogen-bond donors (Lipinski definition) is 2. The van der Waals surface area contributed by atoms with Gasteiger partial charge in [-0.3, -0.25) is 9.78 Å². The van der Waals surface area contributed by atoms with Crippen molar-refractivity contribution >= 4 is 39.0 Å². The van der Waals surface area contributed by atoms with Gasteiger partial charge in [0.15, 0.2) is 0 Å². The van der Waals surface area contributed by atoms with Gasteiger partial charge in [0.05, 0.1) is 10.4 Å². The molecule has 1 amide bonds. The van der Waals surface area contributed by atoms with Gasteiger partial charge in [-0.25, -0.2) is 4.79 Å². The number of aromatic carboxylic acids is 1. The maximum Gasteiger partial charge on any atom is 0.348 e. The van der Waals surface area contributed by atoms with E-state index in [-0.39, 0.29) is 10.8 Å². The van der Waals surface area contributed by atoms with Crippen LogP contribution in [0.15, 0.2) is 18.5 Å². The molecular formula is C10H8N2O3S. The summed E-state index contributed by atoms with van der Waals surface area (Å²) < 4.78 is 0.739. The molecule has 0 aliphatic heterocycles. The average Bonchev–Trinajstić information content (AvgIpc) is 2.57. The molecule has 0 atom stereocenters. The molecule has 16 heavy (non-hydrogen) atoms. The molecule has 0 aromatic carbocycles. The number of carbonyl (C=O) groups is 2. The first-order chi connectivity index (χ1) is 7.59. The van der Waals surface area contributed by atoms with Gasteiger partial charge in [-0.2, -0.15) is 0 Å². The number of hydrogen-bond acceptors (Lipinski definition) is 4. The van der Waals surface area contributed by atoms with E-state index in [4.69, 9.17) is 5.11 Å². The van der Waals surface area contributed by atoms with E-state index in [0.717, 1.165) is 16.0 Å². The third-order valence-electron chi connectivity index (χ3n) is 1.99.